The van der Waals surface area contributed by atoms with E-state index in [-0.39, 0.29) is 5.15 Å². The molecule has 0 aliphatic heterocycles. The zero-order chi connectivity index (χ0) is 13.1. The van der Waals surface area contributed by atoms with E-state index in [0.29, 0.717) is 11.6 Å². The Bertz CT molecular complexity index is 557. The van der Waals surface area contributed by atoms with Crippen molar-refractivity contribution in [1.82, 2.24) is 9.97 Å². The number of aromatic nitrogens is 2. The third-order valence-electron chi connectivity index (χ3n) is 2.27. The number of methoxy groups -OCH3 is 1. The summed E-state index contributed by atoms with van der Waals surface area (Å²) in [5, 5.41) is 3.43. The number of nitrogens with one attached hydrogen (secondary N) is 1. The van der Waals surface area contributed by atoms with Crippen LogP contribution in [0.2, 0.25) is 5.15 Å². The molecule has 0 aliphatic rings. The number of benzene rings is 1. The van der Waals surface area contributed by atoms with Crippen LogP contribution in [0.15, 0.2) is 29.0 Å². The van der Waals surface area contributed by atoms with E-state index in [9.17, 15) is 0 Å². The van der Waals surface area contributed by atoms with Crippen molar-refractivity contribution in [2.24, 2.45) is 0 Å². The second-order valence-corrected chi connectivity index (χ2v) is 4.96. The molecule has 2 aromatic rings. The maximum Gasteiger partial charge on any atom is 0.199 e. The van der Waals surface area contributed by atoms with Crippen LogP contribution in [0.5, 0.6) is 5.75 Å². The fourth-order valence-corrected chi connectivity index (χ4v) is 2.39. The number of hydrogen-bond donors (Lipinski definition) is 1. The van der Waals surface area contributed by atoms with Crippen LogP contribution < -0.4 is 10.1 Å². The second kappa shape index (κ2) is 5.54. The summed E-state index contributed by atoms with van der Waals surface area (Å²) in [5.41, 5.74) is 2.03. The fourth-order valence-electron chi connectivity index (χ4n) is 1.57. The minimum atomic E-state index is 0.279. The first-order valence-electron chi connectivity index (χ1n) is 5.19. The average Bonchev–Trinajstić information content (AvgIpc) is 2.27. The predicted molar refractivity (Wildman–Crippen MR) is 75.8 cm³/mol. The van der Waals surface area contributed by atoms with Crippen LogP contribution in [0.25, 0.3) is 0 Å². The molecule has 94 valence electrons. The third-order valence-corrected chi connectivity index (χ3v) is 3.00. The molecular weight excluding hydrogens is 318 g/mol. The maximum absolute atomic E-state index is 5.93. The van der Waals surface area contributed by atoms with Gasteiger partial charge in [0.1, 0.15) is 6.33 Å². The van der Waals surface area contributed by atoms with Gasteiger partial charge in [-0.25, -0.2) is 9.97 Å². The van der Waals surface area contributed by atoms with E-state index < -0.39 is 0 Å². The van der Waals surface area contributed by atoms with Gasteiger partial charge in [0.15, 0.2) is 16.7 Å². The topological polar surface area (TPSA) is 47.0 Å². The summed E-state index contributed by atoms with van der Waals surface area (Å²) < 4.78 is 6.17. The molecule has 6 heteroatoms. The largest absolute Gasteiger partial charge is 0.490 e. The number of ether oxygens (including phenoxy) is 1. The van der Waals surface area contributed by atoms with Gasteiger partial charge in [-0.2, -0.15) is 0 Å². The summed E-state index contributed by atoms with van der Waals surface area (Å²) in [6.45, 7) is 2.01. The van der Waals surface area contributed by atoms with E-state index in [4.69, 9.17) is 16.3 Å². The molecule has 1 aromatic heterocycles. The Morgan fingerprint density at radius 3 is 2.72 bits per heavy atom. The summed E-state index contributed by atoms with van der Waals surface area (Å²) in [6, 6.07) is 5.97. The highest BCUT2D eigenvalue weighted by Gasteiger charge is 2.10. The van der Waals surface area contributed by atoms with Crippen molar-refractivity contribution in [2.45, 2.75) is 6.92 Å². The molecule has 2 rings (SSSR count). The molecule has 0 unspecified atom stereocenters. The standard InChI is InChI=1S/C12H11BrClN3O/c1-7-3-8(13)5-9(4-7)17-12-10(18-2)11(14)15-6-16-12/h3-6H,1-2H3,(H,15,16,17). The van der Waals surface area contributed by atoms with E-state index in [1.54, 1.807) is 0 Å². The molecule has 0 aliphatic carbocycles. The van der Waals surface area contributed by atoms with Crippen LogP contribution in [0.3, 0.4) is 0 Å². The van der Waals surface area contributed by atoms with Crippen molar-refractivity contribution >= 4 is 39.0 Å². The molecule has 0 radical (unpaired) electrons. The molecular formula is C12H11BrClN3O. The number of hydrogen-bond acceptors (Lipinski definition) is 4. The lowest BCUT2D eigenvalue weighted by Crippen LogP contribution is -1.99. The van der Waals surface area contributed by atoms with Crippen molar-refractivity contribution in [3.63, 3.8) is 0 Å². The molecule has 0 fully saturated rings. The van der Waals surface area contributed by atoms with E-state index in [1.807, 2.05) is 25.1 Å². The van der Waals surface area contributed by atoms with Gasteiger partial charge in [-0.3, -0.25) is 0 Å². The predicted octanol–water partition coefficient (Wildman–Crippen LogP) is 3.95. The molecule has 0 amide bonds. The Hall–Kier alpha value is -1.33. The molecule has 1 heterocycles. The molecule has 1 N–H and O–H groups in total. The van der Waals surface area contributed by atoms with Crippen molar-refractivity contribution in [3.05, 3.63) is 39.7 Å². The highest BCUT2D eigenvalue weighted by molar-refractivity contribution is 9.10. The van der Waals surface area contributed by atoms with Crippen LogP contribution >= 0.6 is 27.5 Å². The minimum absolute atomic E-state index is 0.279. The lowest BCUT2D eigenvalue weighted by atomic mass is 10.2. The normalized spacial score (nSPS) is 10.2. The van der Waals surface area contributed by atoms with Crippen LogP contribution in [0, 0.1) is 6.92 Å². The Morgan fingerprint density at radius 2 is 2.06 bits per heavy atom. The highest BCUT2D eigenvalue weighted by atomic mass is 79.9. The number of anilines is 2. The van der Waals surface area contributed by atoms with Crippen molar-refractivity contribution in [1.29, 1.82) is 0 Å². The van der Waals surface area contributed by atoms with Gasteiger partial charge >= 0.3 is 0 Å². The SMILES string of the molecule is COc1c(Cl)ncnc1Nc1cc(C)cc(Br)c1. The highest BCUT2D eigenvalue weighted by Crippen LogP contribution is 2.31. The van der Waals surface area contributed by atoms with E-state index >= 15 is 0 Å². The summed E-state index contributed by atoms with van der Waals surface area (Å²) in [4.78, 5) is 7.99. The second-order valence-electron chi connectivity index (χ2n) is 3.69. The number of halogens is 2. The first kappa shape index (κ1) is 13.1. The lowest BCUT2D eigenvalue weighted by Gasteiger charge is -2.11. The first-order valence-corrected chi connectivity index (χ1v) is 6.36. The molecule has 0 saturated heterocycles. The lowest BCUT2D eigenvalue weighted by molar-refractivity contribution is 0.413. The number of nitrogens with zero attached hydrogens (tertiary/aromatic N) is 2. The average molecular weight is 329 g/mol. The van der Waals surface area contributed by atoms with Gasteiger partial charge in [0.2, 0.25) is 0 Å². The van der Waals surface area contributed by atoms with Gasteiger partial charge in [-0.05, 0) is 30.7 Å². The monoisotopic (exact) mass is 327 g/mol. The summed E-state index contributed by atoms with van der Waals surface area (Å²) in [5.74, 6) is 0.965. The van der Waals surface area contributed by atoms with Gasteiger partial charge in [-0.1, -0.05) is 27.5 Å². The molecule has 1 aromatic carbocycles. The van der Waals surface area contributed by atoms with Gasteiger partial charge in [0.05, 0.1) is 7.11 Å². The van der Waals surface area contributed by atoms with Gasteiger partial charge in [0.25, 0.3) is 0 Å². The quantitative estimate of drug-likeness (QED) is 0.867. The Morgan fingerprint density at radius 1 is 1.28 bits per heavy atom. The third kappa shape index (κ3) is 2.91. The minimum Gasteiger partial charge on any atom is -0.490 e. The number of aryl methyl sites for hydroxylation is 1. The molecule has 0 bridgehead atoms. The van der Waals surface area contributed by atoms with Gasteiger partial charge < -0.3 is 10.1 Å². The zero-order valence-electron chi connectivity index (χ0n) is 9.87. The molecule has 18 heavy (non-hydrogen) atoms. The summed E-state index contributed by atoms with van der Waals surface area (Å²) in [7, 11) is 1.53. The van der Waals surface area contributed by atoms with Gasteiger partial charge in [-0.15, -0.1) is 0 Å². The van der Waals surface area contributed by atoms with Crippen LogP contribution in [-0.2, 0) is 0 Å². The van der Waals surface area contributed by atoms with E-state index in [1.165, 1.54) is 13.4 Å². The van der Waals surface area contributed by atoms with Crippen molar-refractivity contribution in [2.75, 3.05) is 12.4 Å². The molecule has 0 atom stereocenters. The van der Waals surface area contributed by atoms with E-state index in [0.717, 1.165) is 15.7 Å². The van der Waals surface area contributed by atoms with E-state index in [2.05, 4.69) is 31.2 Å². The van der Waals surface area contributed by atoms with Crippen molar-refractivity contribution in [3.8, 4) is 5.75 Å². The maximum atomic E-state index is 5.93. The van der Waals surface area contributed by atoms with Crippen LogP contribution in [0.4, 0.5) is 11.5 Å². The molecule has 0 saturated carbocycles. The molecule has 4 nitrogen and oxygen atoms in total. The van der Waals surface area contributed by atoms with Crippen LogP contribution in [-0.4, -0.2) is 17.1 Å². The Labute approximate surface area is 118 Å². The summed E-state index contributed by atoms with van der Waals surface area (Å²) in [6.07, 6.45) is 1.39. The zero-order valence-corrected chi connectivity index (χ0v) is 12.2. The van der Waals surface area contributed by atoms with Gasteiger partial charge in [0, 0.05) is 10.2 Å². The fraction of sp³-hybridized carbons (Fsp3) is 0.167. The Balaban J connectivity index is 2.36. The molecule has 0 spiro atoms. The first-order chi connectivity index (χ1) is 8.60. The number of rotatable bonds is 3. The van der Waals surface area contributed by atoms with Crippen LogP contribution in [0.1, 0.15) is 5.56 Å². The van der Waals surface area contributed by atoms with Crippen molar-refractivity contribution < 1.29 is 4.74 Å². The smallest absolute Gasteiger partial charge is 0.199 e. The Kier molecular flexibility index (Phi) is 4.04. The summed E-state index contributed by atoms with van der Waals surface area (Å²) >= 11 is 9.38.